The van der Waals surface area contributed by atoms with Crippen LogP contribution in [0, 0.1) is 0 Å². The van der Waals surface area contributed by atoms with Crippen molar-refractivity contribution < 1.29 is 4.79 Å². The number of hydrogen-bond donors (Lipinski definition) is 1. The van der Waals surface area contributed by atoms with Crippen LogP contribution in [0.15, 0.2) is 48.5 Å². The van der Waals surface area contributed by atoms with Gasteiger partial charge in [0.25, 0.3) is 5.91 Å². The summed E-state index contributed by atoms with van der Waals surface area (Å²) in [6, 6.07) is 14.8. The highest BCUT2D eigenvalue weighted by Crippen LogP contribution is 2.28. The van der Waals surface area contributed by atoms with Crippen LogP contribution in [0.4, 0.5) is 0 Å². The Bertz CT molecular complexity index is 803. The van der Waals surface area contributed by atoms with E-state index in [0.29, 0.717) is 16.2 Å². The van der Waals surface area contributed by atoms with Gasteiger partial charge in [-0.15, -0.1) is 0 Å². The number of carbonyl (C=O) groups excluding carboxylic acids is 1. The molecule has 98 valence electrons. The van der Waals surface area contributed by atoms with Gasteiger partial charge in [-0.05, 0) is 18.2 Å². The minimum Gasteiger partial charge on any atom is -0.363 e. The molecule has 4 nitrogen and oxygen atoms in total. The molecule has 3 aromatic rings. The number of fused-ring (bicyclic) bond motifs is 1. The standard InChI is InChI=1S/C15H10ClN3O/c16-10-6-7-12-11(8-10)13(9-4-2-1-3-5-9)19-15(18-12)14(17)20/h1-8H,(H2,17,20). The molecule has 0 bridgehead atoms. The third-order valence-corrected chi connectivity index (χ3v) is 3.16. The van der Waals surface area contributed by atoms with Gasteiger partial charge in [0.1, 0.15) is 0 Å². The number of nitrogens with two attached hydrogens (primary N) is 1. The van der Waals surface area contributed by atoms with E-state index in [4.69, 9.17) is 17.3 Å². The van der Waals surface area contributed by atoms with Gasteiger partial charge in [-0.1, -0.05) is 41.9 Å². The predicted octanol–water partition coefficient (Wildman–Crippen LogP) is 3.05. The lowest BCUT2D eigenvalue weighted by Crippen LogP contribution is -2.15. The Kier molecular flexibility index (Phi) is 3.08. The van der Waals surface area contributed by atoms with Crippen LogP contribution >= 0.6 is 11.6 Å². The fourth-order valence-corrected chi connectivity index (χ4v) is 2.20. The molecule has 0 spiro atoms. The first-order valence-electron chi connectivity index (χ1n) is 5.97. The molecule has 2 aromatic carbocycles. The van der Waals surface area contributed by atoms with Gasteiger partial charge >= 0.3 is 0 Å². The van der Waals surface area contributed by atoms with E-state index in [1.165, 1.54) is 0 Å². The van der Waals surface area contributed by atoms with Gasteiger partial charge in [0.05, 0.1) is 11.2 Å². The lowest BCUT2D eigenvalue weighted by Gasteiger charge is -2.07. The minimum absolute atomic E-state index is 0.00123. The van der Waals surface area contributed by atoms with E-state index in [1.54, 1.807) is 18.2 Å². The maximum Gasteiger partial charge on any atom is 0.286 e. The Morgan fingerprint density at radius 1 is 1.05 bits per heavy atom. The highest BCUT2D eigenvalue weighted by atomic mass is 35.5. The van der Waals surface area contributed by atoms with Gasteiger partial charge in [0, 0.05) is 16.0 Å². The number of primary amides is 1. The van der Waals surface area contributed by atoms with Crippen molar-refractivity contribution in [2.45, 2.75) is 0 Å². The number of hydrogen-bond acceptors (Lipinski definition) is 3. The molecule has 5 heteroatoms. The van der Waals surface area contributed by atoms with Crippen LogP contribution in [0.1, 0.15) is 10.6 Å². The Balaban J connectivity index is 2.38. The molecule has 0 aliphatic carbocycles. The van der Waals surface area contributed by atoms with E-state index in [-0.39, 0.29) is 5.82 Å². The molecule has 0 aliphatic rings. The fraction of sp³-hybridized carbons (Fsp3) is 0. The Hall–Kier alpha value is -2.46. The van der Waals surface area contributed by atoms with Crippen LogP contribution in [-0.2, 0) is 0 Å². The third kappa shape index (κ3) is 2.21. The number of rotatable bonds is 2. The van der Waals surface area contributed by atoms with Gasteiger partial charge in [0.15, 0.2) is 0 Å². The molecular weight excluding hydrogens is 274 g/mol. The average Bonchev–Trinajstić information content (AvgIpc) is 2.47. The maximum atomic E-state index is 11.4. The zero-order chi connectivity index (χ0) is 14.1. The number of benzene rings is 2. The summed E-state index contributed by atoms with van der Waals surface area (Å²) in [6.07, 6.45) is 0. The minimum atomic E-state index is -0.654. The van der Waals surface area contributed by atoms with Crippen LogP contribution in [0.5, 0.6) is 0 Å². The van der Waals surface area contributed by atoms with Gasteiger partial charge in [-0.3, -0.25) is 4.79 Å². The molecular formula is C15H10ClN3O. The Labute approximate surface area is 120 Å². The average molecular weight is 284 g/mol. The summed E-state index contributed by atoms with van der Waals surface area (Å²) in [6.45, 7) is 0. The van der Waals surface area contributed by atoms with Crippen molar-refractivity contribution in [1.82, 2.24) is 9.97 Å². The summed E-state index contributed by atoms with van der Waals surface area (Å²) in [5, 5.41) is 1.37. The lowest BCUT2D eigenvalue weighted by molar-refractivity contribution is 0.0991. The molecule has 1 aromatic heterocycles. The molecule has 0 unspecified atom stereocenters. The van der Waals surface area contributed by atoms with E-state index in [1.807, 2.05) is 30.3 Å². The summed E-state index contributed by atoms with van der Waals surface area (Å²) in [5.41, 5.74) is 7.45. The normalized spacial score (nSPS) is 10.7. The molecule has 0 atom stereocenters. The predicted molar refractivity (Wildman–Crippen MR) is 78.5 cm³/mol. The van der Waals surface area contributed by atoms with E-state index in [2.05, 4.69) is 9.97 Å². The first-order chi connectivity index (χ1) is 9.65. The molecule has 1 amide bonds. The van der Waals surface area contributed by atoms with Crippen molar-refractivity contribution in [3.8, 4) is 11.3 Å². The fourth-order valence-electron chi connectivity index (χ4n) is 2.03. The van der Waals surface area contributed by atoms with E-state index < -0.39 is 5.91 Å². The van der Waals surface area contributed by atoms with Gasteiger partial charge in [-0.2, -0.15) is 0 Å². The first kappa shape index (κ1) is 12.6. The molecule has 0 saturated heterocycles. The van der Waals surface area contributed by atoms with Crippen LogP contribution < -0.4 is 5.73 Å². The second kappa shape index (κ2) is 4.90. The highest BCUT2D eigenvalue weighted by Gasteiger charge is 2.13. The van der Waals surface area contributed by atoms with Gasteiger partial charge < -0.3 is 5.73 Å². The highest BCUT2D eigenvalue weighted by molar-refractivity contribution is 6.31. The van der Waals surface area contributed by atoms with Crippen molar-refractivity contribution in [2.75, 3.05) is 0 Å². The van der Waals surface area contributed by atoms with Crippen LogP contribution in [-0.4, -0.2) is 15.9 Å². The number of nitrogens with zero attached hydrogens (tertiary/aromatic N) is 2. The number of carbonyl (C=O) groups is 1. The summed E-state index contributed by atoms with van der Waals surface area (Å²) in [7, 11) is 0. The number of amides is 1. The first-order valence-corrected chi connectivity index (χ1v) is 6.35. The van der Waals surface area contributed by atoms with Crippen LogP contribution in [0.2, 0.25) is 5.02 Å². The van der Waals surface area contributed by atoms with Gasteiger partial charge in [-0.25, -0.2) is 9.97 Å². The van der Waals surface area contributed by atoms with E-state index in [9.17, 15) is 4.79 Å². The van der Waals surface area contributed by atoms with Crippen molar-refractivity contribution >= 4 is 28.4 Å². The molecule has 20 heavy (non-hydrogen) atoms. The van der Waals surface area contributed by atoms with Crippen LogP contribution in [0.25, 0.3) is 22.2 Å². The van der Waals surface area contributed by atoms with Crippen molar-refractivity contribution in [1.29, 1.82) is 0 Å². The van der Waals surface area contributed by atoms with Crippen molar-refractivity contribution in [3.05, 3.63) is 59.4 Å². The van der Waals surface area contributed by atoms with Gasteiger partial charge in [0.2, 0.25) is 5.82 Å². The molecule has 1 heterocycles. The Morgan fingerprint density at radius 2 is 1.80 bits per heavy atom. The van der Waals surface area contributed by atoms with E-state index >= 15 is 0 Å². The molecule has 2 N–H and O–H groups in total. The maximum absolute atomic E-state index is 11.4. The van der Waals surface area contributed by atoms with Crippen LogP contribution in [0.3, 0.4) is 0 Å². The van der Waals surface area contributed by atoms with Crippen molar-refractivity contribution in [2.24, 2.45) is 5.73 Å². The molecule has 0 radical (unpaired) electrons. The summed E-state index contributed by atoms with van der Waals surface area (Å²) in [5.74, 6) is -0.655. The molecule has 3 rings (SSSR count). The summed E-state index contributed by atoms with van der Waals surface area (Å²) >= 11 is 6.03. The SMILES string of the molecule is NC(=O)c1nc(-c2ccccc2)c2cc(Cl)ccc2n1. The summed E-state index contributed by atoms with van der Waals surface area (Å²) in [4.78, 5) is 19.8. The Morgan fingerprint density at radius 3 is 2.50 bits per heavy atom. The third-order valence-electron chi connectivity index (χ3n) is 2.93. The smallest absolute Gasteiger partial charge is 0.286 e. The zero-order valence-electron chi connectivity index (χ0n) is 10.4. The zero-order valence-corrected chi connectivity index (χ0v) is 11.1. The summed E-state index contributed by atoms with van der Waals surface area (Å²) < 4.78 is 0. The monoisotopic (exact) mass is 283 g/mol. The second-order valence-corrected chi connectivity index (χ2v) is 4.72. The number of halogens is 1. The molecule has 0 saturated carbocycles. The molecule has 0 fully saturated rings. The number of aromatic nitrogens is 2. The topological polar surface area (TPSA) is 68.9 Å². The van der Waals surface area contributed by atoms with E-state index in [0.717, 1.165) is 10.9 Å². The largest absolute Gasteiger partial charge is 0.363 e. The molecule has 0 aliphatic heterocycles. The lowest BCUT2D eigenvalue weighted by atomic mass is 10.1. The second-order valence-electron chi connectivity index (χ2n) is 4.29. The van der Waals surface area contributed by atoms with Crippen molar-refractivity contribution in [3.63, 3.8) is 0 Å². The quantitative estimate of drug-likeness (QED) is 0.786.